The van der Waals surface area contributed by atoms with Gasteiger partial charge in [0.15, 0.2) is 0 Å². The van der Waals surface area contributed by atoms with Crippen molar-refractivity contribution in [2.24, 2.45) is 5.41 Å². The Morgan fingerprint density at radius 1 is 1.13 bits per heavy atom. The van der Waals surface area contributed by atoms with E-state index in [2.05, 4.69) is 13.0 Å². The molecule has 5 nitrogen and oxygen atoms in total. The number of hydrogen-bond donors (Lipinski definition) is 0. The molecular formula is C17H23N3O2S. The van der Waals surface area contributed by atoms with Crippen LogP contribution in [-0.4, -0.2) is 54.5 Å². The largest absolute Gasteiger partial charge is 0.325 e. The van der Waals surface area contributed by atoms with E-state index in [9.17, 15) is 9.59 Å². The molecule has 23 heavy (non-hydrogen) atoms. The number of carbonyl (C=O) groups excluding carboxylic acids is 2. The Kier molecular flexibility index (Phi) is 3.59. The first-order valence-electron chi connectivity index (χ1n) is 8.47. The van der Waals surface area contributed by atoms with E-state index in [0.29, 0.717) is 6.42 Å². The van der Waals surface area contributed by atoms with Crippen molar-refractivity contribution in [2.45, 2.75) is 32.6 Å². The van der Waals surface area contributed by atoms with Crippen LogP contribution in [0.15, 0.2) is 12.1 Å². The molecule has 0 aliphatic carbocycles. The van der Waals surface area contributed by atoms with Crippen molar-refractivity contribution >= 4 is 28.3 Å². The molecule has 1 aromatic rings. The lowest BCUT2D eigenvalue weighted by Crippen LogP contribution is -2.42. The molecule has 6 heteroatoms. The molecule has 0 N–H and O–H groups in total. The number of amides is 3. The molecule has 0 saturated carbocycles. The SMILES string of the molecule is Cc1ccc(N2C[C@@]3(CCN(C(=O)N4CCCC4)C3)CC2=O)s1. The summed E-state index contributed by atoms with van der Waals surface area (Å²) in [5.74, 6) is 0.210. The van der Waals surface area contributed by atoms with Gasteiger partial charge in [0, 0.05) is 49.4 Å². The summed E-state index contributed by atoms with van der Waals surface area (Å²) in [4.78, 5) is 32.2. The average Bonchev–Trinajstić information content (AvgIpc) is 3.28. The first kappa shape index (κ1) is 15.0. The number of anilines is 1. The molecule has 0 unspecified atom stereocenters. The van der Waals surface area contributed by atoms with E-state index < -0.39 is 0 Å². The normalized spacial score (nSPS) is 27.7. The van der Waals surface area contributed by atoms with Crippen LogP contribution in [0.3, 0.4) is 0 Å². The van der Waals surface area contributed by atoms with Gasteiger partial charge in [0.2, 0.25) is 5.91 Å². The van der Waals surface area contributed by atoms with E-state index in [-0.39, 0.29) is 17.4 Å². The lowest BCUT2D eigenvalue weighted by molar-refractivity contribution is -0.117. The topological polar surface area (TPSA) is 43.9 Å². The summed E-state index contributed by atoms with van der Waals surface area (Å²) in [6.45, 7) is 6.13. The fourth-order valence-electron chi connectivity index (χ4n) is 4.14. The predicted octanol–water partition coefficient (Wildman–Crippen LogP) is 2.70. The third kappa shape index (κ3) is 2.63. The minimum atomic E-state index is -0.0373. The predicted molar refractivity (Wildman–Crippen MR) is 90.9 cm³/mol. The van der Waals surface area contributed by atoms with Crippen molar-refractivity contribution in [2.75, 3.05) is 37.6 Å². The van der Waals surface area contributed by atoms with Gasteiger partial charge in [-0.1, -0.05) is 0 Å². The van der Waals surface area contributed by atoms with E-state index >= 15 is 0 Å². The van der Waals surface area contributed by atoms with E-state index in [1.54, 1.807) is 11.3 Å². The van der Waals surface area contributed by atoms with Gasteiger partial charge in [-0.2, -0.15) is 0 Å². The minimum Gasteiger partial charge on any atom is -0.325 e. The number of thiophene rings is 1. The summed E-state index contributed by atoms with van der Waals surface area (Å²) >= 11 is 1.67. The van der Waals surface area contributed by atoms with Crippen LogP contribution >= 0.6 is 11.3 Å². The molecule has 0 aromatic carbocycles. The average molecular weight is 333 g/mol. The van der Waals surface area contributed by atoms with Crippen LogP contribution in [0, 0.1) is 12.3 Å². The Bertz CT molecular complexity index is 638. The zero-order valence-electron chi connectivity index (χ0n) is 13.6. The van der Waals surface area contributed by atoms with Gasteiger partial charge in [0.05, 0.1) is 5.00 Å². The smallest absolute Gasteiger partial charge is 0.320 e. The Balaban J connectivity index is 1.46. The highest BCUT2D eigenvalue weighted by atomic mass is 32.1. The first-order chi connectivity index (χ1) is 11.1. The van der Waals surface area contributed by atoms with Crippen molar-refractivity contribution in [1.29, 1.82) is 0 Å². The summed E-state index contributed by atoms with van der Waals surface area (Å²) in [5, 5.41) is 1.05. The van der Waals surface area contributed by atoms with Crippen LogP contribution < -0.4 is 4.90 Å². The van der Waals surface area contributed by atoms with Gasteiger partial charge >= 0.3 is 6.03 Å². The summed E-state index contributed by atoms with van der Waals surface area (Å²) in [7, 11) is 0. The zero-order chi connectivity index (χ0) is 16.0. The van der Waals surface area contributed by atoms with Gasteiger partial charge in [0.25, 0.3) is 0 Å². The van der Waals surface area contributed by atoms with Crippen LogP contribution in [-0.2, 0) is 4.79 Å². The molecule has 4 heterocycles. The van der Waals surface area contributed by atoms with Crippen LogP contribution in [0.1, 0.15) is 30.6 Å². The monoisotopic (exact) mass is 333 g/mol. The number of carbonyl (C=O) groups is 2. The van der Waals surface area contributed by atoms with Crippen LogP contribution in [0.25, 0.3) is 0 Å². The van der Waals surface area contributed by atoms with Crippen molar-refractivity contribution in [3.63, 3.8) is 0 Å². The third-order valence-electron chi connectivity index (χ3n) is 5.40. The first-order valence-corrected chi connectivity index (χ1v) is 9.29. The van der Waals surface area contributed by atoms with E-state index in [1.807, 2.05) is 20.8 Å². The van der Waals surface area contributed by atoms with E-state index in [0.717, 1.165) is 57.0 Å². The Morgan fingerprint density at radius 3 is 2.61 bits per heavy atom. The quantitative estimate of drug-likeness (QED) is 0.793. The van der Waals surface area contributed by atoms with E-state index in [1.165, 1.54) is 4.88 Å². The summed E-state index contributed by atoms with van der Waals surface area (Å²) in [6.07, 6.45) is 3.76. The van der Waals surface area contributed by atoms with Gasteiger partial charge < -0.3 is 14.7 Å². The highest BCUT2D eigenvalue weighted by Gasteiger charge is 2.49. The Morgan fingerprint density at radius 2 is 1.91 bits per heavy atom. The fraction of sp³-hybridized carbons (Fsp3) is 0.647. The molecule has 1 aromatic heterocycles. The number of rotatable bonds is 1. The summed E-state index contributed by atoms with van der Waals surface area (Å²) in [5.41, 5.74) is -0.0373. The van der Waals surface area contributed by atoms with Crippen LogP contribution in [0.4, 0.5) is 9.80 Å². The molecule has 1 spiro atoms. The van der Waals surface area contributed by atoms with Crippen molar-refractivity contribution in [3.05, 3.63) is 17.0 Å². The van der Waals surface area contributed by atoms with Crippen LogP contribution in [0.5, 0.6) is 0 Å². The van der Waals surface area contributed by atoms with Gasteiger partial charge in [-0.15, -0.1) is 11.3 Å². The van der Waals surface area contributed by atoms with Gasteiger partial charge in [-0.3, -0.25) is 4.79 Å². The summed E-state index contributed by atoms with van der Waals surface area (Å²) < 4.78 is 0. The second-order valence-corrected chi connectivity index (χ2v) is 8.46. The fourth-order valence-corrected chi connectivity index (χ4v) is 5.02. The molecule has 3 saturated heterocycles. The van der Waals surface area contributed by atoms with Crippen molar-refractivity contribution in [3.8, 4) is 0 Å². The van der Waals surface area contributed by atoms with Gasteiger partial charge in [-0.25, -0.2) is 4.79 Å². The molecule has 3 aliphatic heterocycles. The lowest BCUT2D eigenvalue weighted by atomic mass is 9.86. The zero-order valence-corrected chi connectivity index (χ0v) is 14.4. The number of urea groups is 1. The van der Waals surface area contributed by atoms with E-state index in [4.69, 9.17) is 0 Å². The molecule has 0 radical (unpaired) electrons. The maximum absolute atomic E-state index is 12.6. The second-order valence-electron chi connectivity index (χ2n) is 7.19. The minimum absolute atomic E-state index is 0.0373. The highest BCUT2D eigenvalue weighted by molar-refractivity contribution is 7.16. The maximum atomic E-state index is 12.6. The Hall–Kier alpha value is -1.56. The highest BCUT2D eigenvalue weighted by Crippen LogP contribution is 2.43. The molecule has 3 fully saturated rings. The number of aryl methyl sites for hydroxylation is 1. The second kappa shape index (κ2) is 5.51. The molecule has 3 amide bonds. The standard InChI is InChI=1S/C17H23N3O2S/c1-13-4-5-15(23-13)20-12-17(10-14(20)21)6-9-19(11-17)16(22)18-7-2-3-8-18/h4-5H,2-3,6-12H2,1H3/t17-/m0/s1. The maximum Gasteiger partial charge on any atom is 0.320 e. The number of likely N-dealkylation sites (tertiary alicyclic amines) is 2. The Labute approximate surface area is 140 Å². The molecule has 3 aliphatic rings. The van der Waals surface area contributed by atoms with Crippen molar-refractivity contribution < 1.29 is 9.59 Å². The molecular weight excluding hydrogens is 310 g/mol. The molecule has 4 rings (SSSR count). The summed E-state index contributed by atoms with van der Waals surface area (Å²) in [6, 6.07) is 4.28. The number of hydrogen-bond acceptors (Lipinski definition) is 3. The van der Waals surface area contributed by atoms with Crippen molar-refractivity contribution in [1.82, 2.24) is 9.80 Å². The lowest BCUT2D eigenvalue weighted by Gasteiger charge is -2.26. The molecule has 1 atom stereocenters. The number of nitrogens with zero attached hydrogens (tertiary/aromatic N) is 3. The van der Waals surface area contributed by atoms with Gasteiger partial charge in [-0.05, 0) is 38.3 Å². The molecule has 0 bridgehead atoms. The van der Waals surface area contributed by atoms with Gasteiger partial charge in [0.1, 0.15) is 0 Å². The van der Waals surface area contributed by atoms with Crippen LogP contribution in [0.2, 0.25) is 0 Å². The molecule has 124 valence electrons. The third-order valence-corrected chi connectivity index (χ3v) is 6.42.